The van der Waals surface area contributed by atoms with E-state index in [1.54, 1.807) is 0 Å². The van der Waals surface area contributed by atoms with Gasteiger partial charge in [0.25, 0.3) is 5.91 Å². The number of esters is 1. The fraction of sp³-hybridized carbons (Fsp3) is 0.150. The molecule has 1 amide bonds. The second-order valence-electron chi connectivity index (χ2n) is 6.28. The van der Waals surface area contributed by atoms with E-state index < -0.39 is 41.4 Å². The smallest absolute Gasteiger partial charge is 0.416 e. The predicted molar refractivity (Wildman–Crippen MR) is 102 cm³/mol. The van der Waals surface area contributed by atoms with Gasteiger partial charge >= 0.3 is 12.1 Å². The maximum atomic E-state index is 13.4. The molecular formula is C20H13F5N2O3S. The number of carbonyl (C=O) groups excluding carboxylic acids is 2. The molecule has 1 aromatic heterocycles. The van der Waals surface area contributed by atoms with E-state index in [0.29, 0.717) is 11.6 Å². The fourth-order valence-electron chi connectivity index (χ4n) is 2.43. The molecule has 11 heteroatoms. The highest BCUT2D eigenvalue weighted by molar-refractivity contribution is 7.14. The highest BCUT2D eigenvalue weighted by Crippen LogP contribution is 2.30. The molecule has 3 aromatic rings. The minimum atomic E-state index is -4.63. The van der Waals surface area contributed by atoms with Gasteiger partial charge in [0.1, 0.15) is 0 Å². The summed E-state index contributed by atoms with van der Waals surface area (Å²) in [4.78, 5) is 28.4. The number of hydrogen-bond acceptors (Lipinski definition) is 5. The third-order valence-corrected chi connectivity index (χ3v) is 4.79. The highest BCUT2D eigenvalue weighted by Gasteiger charge is 2.31. The number of ether oxygens (including phenoxy) is 1. The van der Waals surface area contributed by atoms with Crippen molar-refractivity contribution in [3.05, 3.63) is 70.6 Å². The topological polar surface area (TPSA) is 68.3 Å². The standard InChI is InChI=1S/C20H13F5N2O3S/c1-10(30-18(29)12-3-2-4-13(7-12)20(23,24)25)17(28)27-19-26-16(9-31-19)11-5-6-14(21)15(22)8-11/h2-10H,1H3,(H,26,27,28). The molecule has 0 aliphatic heterocycles. The van der Waals surface area contributed by atoms with Gasteiger partial charge in [0.15, 0.2) is 22.9 Å². The lowest BCUT2D eigenvalue weighted by Crippen LogP contribution is -2.30. The van der Waals surface area contributed by atoms with Crippen molar-refractivity contribution in [1.82, 2.24) is 4.98 Å². The van der Waals surface area contributed by atoms with Crippen LogP contribution < -0.4 is 5.32 Å². The molecule has 0 saturated carbocycles. The number of benzene rings is 2. The number of halogens is 5. The maximum Gasteiger partial charge on any atom is 0.416 e. The Morgan fingerprint density at radius 2 is 1.84 bits per heavy atom. The van der Waals surface area contributed by atoms with Crippen LogP contribution >= 0.6 is 11.3 Å². The van der Waals surface area contributed by atoms with Gasteiger partial charge in [0.05, 0.1) is 16.8 Å². The molecule has 2 aromatic carbocycles. The van der Waals surface area contributed by atoms with Crippen LogP contribution in [-0.2, 0) is 15.7 Å². The van der Waals surface area contributed by atoms with Crippen LogP contribution in [0.15, 0.2) is 47.8 Å². The van der Waals surface area contributed by atoms with Crippen molar-refractivity contribution in [3.8, 4) is 11.3 Å². The minimum absolute atomic E-state index is 0.103. The van der Waals surface area contributed by atoms with Crippen molar-refractivity contribution in [2.75, 3.05) is 5.32 Å². The summed E-state index contributed by atoms with van der Waals surface area (Å²) in [5, 5.41) is 4.00. The molecule has 31 heavy (non-hydrogen) atoms. The molecule has 1 N–H and O–H groups in total. The van der Waals surface area contributed by atoms with E-state index in [2.05, 4.69) is 10.3 Å². The second kappa shape index (κ2) is 8.80. The number of anilines is 1. The Hall–Kier alpha value is -3.34. The monoisotopic (exact) mass is 456 g/mol. The molecule has 0 aliphatic carbocycles. The summed E-state index contributed by atoms with van der Waals surface area (Å²) in [7, 11) is 0. The summed E-state index contributed by atoms with van der Waals surface area (Å²) < 4.78 is 69.6. The van der Waals surface area contributed by atoms with Crippen LogP contribution in [0.1, 0.15) is 22.8 Å². The average molecular weight is 456 g/mol. The number of carbonyl (C=O) groups is 2. The van der Waals surface area contributed by atoms with Gasteiger partial charge in [-0.3, -0.25) is 10.1 Å². The quantitative estimate of drug-likeness (QED) is 0.419. The summed E-state index contributed by atoms with van der Waals surface area (Å²) >= 11 is 0.995. The molecule has 5 nitrogen and oxygen atoms in total. The lowest BCUT2D eigenvalue weighted by Gasteiger charge is -2.13. The molecular weight excluding hydrogens is 443 g/mol. The molecule has 0 aliphatic rings. The zero-order valence-corrected chi connectivity index (χ0v) is 16.5. The van der Waals surface area contributed by atoms with Gasteiger partial charge in [-0.2, -0.15) is 13.2 Å². The number of amides is 1. The summed E-state index contributed by atoms with van der Waals surface area (Å²) in [6.07, 6.45) is -5.97. The Balaban J connectivity index is 1.64. The van der Waals surface area contributed by atoms with Crippen molar-refractivity contribution in [3.63, 3.8) is 0 Å². The molecule has 0 saturated heterocycles. The number of nitrogens with zero attached hydrogens (tertiary/aromatic N) is 1. The molecule has 1 unspecified atom stereocenters. The van der Waals surface area contributed by atoms with Crippen LogP contribution in [0.4, 0.5) is 27.1 Å². The van der Waals surface area contributed by atoms with Crippen LogP contribution in [0.2, 0.25) is 0 Å². The van der Waals surface area contributed by atoms with E-state index in [1.165, 1.54) is 18.4 Å². The molecule has 0 bridgehead atoms. The lowest BCUT2D eigenvalue weighted by atomic mass is 10.1. The summed E-state index contributed by atoms with van der Waals surface area (Å²) in [5.74, 6) is -3.93. The fourth-order valence-corrected chi connectivity index (χ4v) is 3.15. The number of aromatic nitrogens is 1. The first-order valence-corrected chi connectivity index (χ1v) is 9.52. The lowest BCUT2D eigenvalue weighted by molar-refractivity contribution is -0.137. The van der Waals surface area contributed by atoms with Crippen LogP contribution in [0.5, 0.6) is 0 Å². The van der Waals surface area contributed by atoms with Gasteiger partial charge in [-0.15, -0.1) is 11.3 Å². The van der Waals surface area contributed by atoms with Crippen molar-refractivity contribution in [1.29, 1.82) is 0 Å². The SMILES string of the molecule is CC(OC(=O)c1cccc(C(F)(F)F)c1)C(=O)Nc1nc(-c2ccc(F)c(F)c2)cs1. The first-order chi connectivity index (χ1) is 14.5. The molecule has 162 valence electrons. The van der Waals surface area contributed by atoms with Crippen molar-refractivity contribution in [2.24, 2.45) is 0 Å². The van der Waals surface area contributed by atoms with E-state index in [0.717, 1.165) is 41.7 Å². The Morgan fingerprint density at radius 1 is 1.10 bits per heavy atom. The number of thiazole rings is 1. The Labute approximate surface area is 176 Å². The van der Waals surface area contributed by atoms with E-state index >= 15 is 0 Å². The zero-order chi connectivity index (χ0) is 22.8. The van der Waals surface area contributed by atoms with E-state index in [-0.39, 0.29) is 16.4 Å². The number of nitrogens with one attached hydrogen (secondary N) is 1. The first kappa shape index (κ1) is 22.3. The summed E-state index contributed by atoms with van der Waals surface area (Å²) in [6, 6.07) is 6.84. The molecule has 3 rings (SSSR count). The largest absolute Gasteiger partial charge is 0.449 e. The molecule has 1 atom stereocenters. The average Bonchev–Trinajstić information content (AvgIpc) is 3.17. The van der Waals surface area contributed by atoms with Gasteiger partial charge in [-0.05, 0) is 43.3 Å². The molecule has 1 heterocycles. The number of hydrogen-bond donors (Lipinski definition) is 1. The third kappa shape index (κ3) is 5.43. The zero-order valence-electron chi connectivity index (χ0n) is 15.7. The number of rotatable bonds is 5. The van der Waals surface area contributed by atoms with Gasteiger partial charge in [-0.1, -0.05) is 6.07 Å². The Kier molecular flexibility index (Phi) is 6.34. The van der Waals surface area contributed by atoms with Crippen molar-refractivity contribution < 1.29 is 36.3 Å². The molecule has 0 fully saturated rings. The van der Waals surface area contributed by atoms with Crippen LogP contribution in [0.25, 0.3) is 11.3 Å². The highest BCUT2D eigenvalue weighted by atomic mass is 32.1. The van der Waals surface area contributed by atoms with Gasteiger partial charge in [0.2, 0.25) is 0 Å². The van der Waals surface area contributed by atoms with E-state index in [9.17, 15) is 31.5 Å². The minimum Gasteiger partial charge on any atom is -0.449 e. The van der Waals surface area contributed by atoms with Gasteiger partial charge < -0.3 is 4.74 Å². The third-order valence-electron chi connectivity index (χ3n) is 4.03. The van der Waals surface area contributed by atoms with Gasteiger partial charge in [0, 0.05) is 10.9 Å². The van der Waals surface area contributed by atoms with Crippen molar-refractivity contribution >= 4 is 28.3 Å². The van der Waals surface area contributed by atoms with Crippen LogP contribution in [0, 0.1) is 11.6 Å². The number of alkyl halides is 3. The summed E-state index contributed by atoms with van der Waals surface area (Å²) in [5.41, 5.74) is -0.802. The van der Waals surface area contributed by atoms with Crippen molar-refractivity contribution in [2.45, 2.75) is 19.2 Å². The van der Waals surface area contributed by atoms with E-state index in [4.69, 9.17) is 4.74 Å². The maximum absolute atomic E-state index is 13.4. The van der Waals surface area contributed by atoms with Crippen LogP contribution in [0.3, 0.4) is 0 Å². The normalized spacial score (nSPS) is 12.3. The van der Waals surface area contributed by atoms with E-state index in [1.807, 2.05) is 0 Å². The Morgan fingerprint density at radius 3 is 2.52 bits per heavy atom. The van der Waals surface area contributed by atoms with Crippen LogP contribution in [-0.4, -0.2) is 23.0 Å². The first-order valence-electron chi connectivity index (χ1n) is 8.64. The molecule has 0 radical (unpaired) electrons. The van der Waals surface area contributed by atoms with Gasteiger partial charge in [-0.25, -0.2) is 18.6 Å². The Bertz CT molecular complexity index is 1130. The second-order valence-corrected chi connectivity index (χ2v) is 7.14. The molecule has 0 spiro atoms. The summed E-state index contributed by atoms with van der Waals surface area (Å²) in [6.45, 7) is 1.24. The predicted octanol–water partition coefficient (Wildman–Crippen LogP) is 5.29.